The highest BCUT2D eigenvalue weighted by Crippen LogP contribution is 2.39. The fraction of sp³-hybridized carbons (Fsp3) is 0.682. The Labute approximate surface area is 162 Å². The van der Waals surface area contributed by atoms with E-state index in [1.54, 1.807) is 18.2 Å². The smallest absolute Gasteiger partial charge is 0.226 e. The molecule has 3 aliphatic heterocycles. The van der Waals surface area contributed by atoms with Gasteiger partial charge in [-0.25, -0.2) is 0 Å². The van der Waals surface area contributed by atoms with E-state index < -0.39 is 0 Å². The number of phenolic OH excluding ortho intramolecular Hbond substituents is 1. The van der Waals surface area contributed by atoms with E-state index in [0.717, 1.165) is 44.6 Å². The van der Waals surface area contributed by atoms with Crippen LogP contribution in [0, 0.1) is 0 Å². The molecule has 148 valence electrons. The second-order valence-corrected chi connectivity index (χ2v) is 8.49. The number of nitrogens with zero attached hydrogens (tertiary/aromatic N) is 2. The molecule has 3 heterocycles. The van der Waals surface area contributed by atoms with Gasteiger partial charge in [-0.3, -0.25) is 9.69 Å². The third-order valence-corrected chi connectivity index (χ3v) is 6.72. The van der Waals surface area contributed by atoms with Crippen LogP contribution in [0.4, 0.5) is 0 Å². The van der Waals surface area contributed by atoms with E-state index in [1.165, 1.54) is 38.6 Å². The molecule has 0 bridgehead atoms. The lowest BCUT2D eigenvalue weighted by Gasteiger charge is -2.39. The second-order valence-electron chi connectivity index (χ2n) is 8.49. The molecule has 0 saturated carbocycles. The number of carbonyl (C=O) groups is 1. The number of aromatic hydroxyl groups is 1. The molecule has 0 aromatic heterocycles. The zero-order valence-corrected chi connectivity index (χ0v) is 16.2. The van der Waals surface area contributed by atoms with Gasteiger partial charge in [0.05, 0.1) is 12.5 Å². The van der Waals surface area contributed by atoms with E-state index in [0.29, 0.717) is 12.5 Å². The normalized spacial score (nSPS) is 29.3. The summed E-state index contributed by atoms with van der Waals surface area (Å²) in [6.45, 7) is 4.87. The molecule has 1 aromatic carbocycles. The monoisotopic (exact) mass is 372 g/mol. The molecule has 27 heavy (non-hydrogen) atoms. The van der Waals surface area contributed by atoms with Gasteiger partial charge in [0.2, 0.25) is 5.91 Å². The van der Waals surface area contributed by atoms with Crippen molar-refractivity contribution in [3.05, 3.63) is 29.8 Å². The van der Waals surface area contributed by atoms with Gasteiger partial charge < -0.3 is 14.7 Å². The number of hydrogen-bond donors (Lipinski definition) is 1. The number of carbonyl (C=O) groups excluding carboxylic acids is 1. The maximum atomic E-state index is 12.8. The van der Waals surface area contributed by atoms with Crippen molar-refractivity contribution in [3.63, 3.8) is 0 Å². The first kappa shape index (κ1) is 18.8. The first-order valence-electron chi connectivity index (χ1n) is 10.6. The number of hydrogen-bond acceptors (Lipinski definition) is 4. The lowest BCUT2D eigenvalue weighted by Crippen LogP contribution is -2.47. The third kappa shape index (κ3) is 4.30. The van der Waals surface area contributed by atoms with Crippen molar-refractivity contribution in [2.45, 2.75) is 63.0 Å². The maximum absolute atomic E-state index is 12.8. The molecular weight excluding hydrogens is 340 g/mol. The van der Waals surface area contributed by atoms with Crippen molar-refractivity contribution < 1.29 is 14.6 Å². The number of phenols is 1. The average molecular weight is 373 g/mol. The van der Waals surface area contributed by atoms with Gasteiger partial charge in [-0.15, -0.1) is 0 Å². The SMILES string of the molecule is O=C(Cc1cccc(O)c1)N1CCC[C@@]2(CCCN2C[C@@H]2CCCO2)CC1. The Balaban J connectivity index is 1.37. The van der Waals surface area contributed by atoms with Crippen LogP contribution in [0.25, 0.3) is 0 Å². The molecule has 0 unspecified atom stereocenters. The molecule has 3 aliphatic rings. The van der Waals surface area contributed by atoms with Gasteiger partial charge in [-0.05, 0) is 69.2 Å². The van der Waals surface area contributed by atoms with Gasteiger partial charge in [0.15, 0.2) is 0 Å². The molecule has 2 atom stereocenters. The summed E-state index contributed by atoms with van der Waals surface area (Å²) in [4.78, 5) is 17.5. The second kappa shape index (κ2) is 8.19. The molecule has 3 fully saturated rings. The zero-order chi connectivity index (χ0) is 18.7. The molecule has 1 N–H and O–H groups in total. The highest BCUT2D eigenvalue weighted by molar-refractivity contribution is 5.79. The quantitative estimate of drug-likeness (QED) is 0.883. The molecular formula is C22H32N2O3. The Bertz CT molecular complexity index is 659. The summed E-state index contributed by atoms with van der Waals surface area (Å²) in [7, 11) is 0. The largest absolute Gasteiger partial charge is 0.508 e. The summed E-state index contributed by atoms with van der Waals surface area (Å²) in [5, 5.41) is 9.63. The van der Waals surface area contributed by atoms with E-state index in [2.05, 4.69) is 4.90 Å². The van der Waals surface area contributed by atoms with Crippen molar-refractivity contribution in [2.75, 3.05) is 32.8 Å². The Hall–Kier alpha value is -1.59. The average Bonchev–Trinajstić information content (AvgIpc) is 3.23. The Kier molecular flexibility index (Phi) is 5.69. The van der Waals surface area contributed by atoms with Crippen molar-refractivity contribution in [2.24, 2.45) is 0 Å². The molecule has 4 rings (SSSR count). The third-order valence-electron chi connectivity index (χ3n) is 6.72. The summed E-state index contributed by atoms with van der Waals surface area (Å²) in [5.74, 6) is 0.409. The summed E-state index contributed by atoms with van der Waals surface area (Å²) >= 11 is 0. The van der Waals surface area contributed by atoms with Crippen LogP contribution in [-0.2, 0) is 16.0 Å². The molecule has 5 heteroatoms. The number of benzene rings is 1. The van der Waals surface area contributed by atoms with Crippen LogP contribution < -0.4 is 0 Å². The predicted molar refractivity (Wildman–Crippen MR) is 105 cm³/mol. The predicted octanol–water partition coefficient (Wildman–Crippen LogP) is 2.96. The number of likely N-dealkylation sites (tertiary alicyclic amines) is 2. The standard InChI is InChI=1S/C22H32N2O3/c25-19-6-1-5-18(15-19)16-21(26)23-11-3-8-22(10-13-23)9-4-12-24(22)17-20-7-2-14-27-20/h1,5-6,15,20,25H,2-4,7-14,16-17H2/t20-,22+/m0/s1. The van der Waals surface area contributed by atoms with Gasteiger partial charge in [-0.1, -0.05) is 12.1 Å². The molecule has 5 nitrogen and oxygen atoms in total. The zero-order valence-electron chi connectivity index (χ0n) is 16.2. The lowest BCUT2D eigenvalue weighted by molar-refractivity contribution is -0.130. The van der Waals surface area contributed by atoms with E-state index in [9.17, 15) is 9.90 Å². The van der Waals surface area contributed by atoms with Crippen LogP contribution in [0.5, 0.6) is 5.75 Å². The minimum atomic E-state index is 0.182. The minimum Gasteiger partial charge on any atom is -0.508 e. The van der Waals surface area contributed by atoms with E-state index in [-0.39, 0.29) is 17.2 Å². The number of amides is 1. The van der Waals surface area contributed by atoms with Gasteiger partial charge in [0.1, 0.15) is 5.75 Å². The Morgan fingerprint density at radius 3 is 2.78 bits per heavy atom. The fourth-order valence-electron chi connectivity index (χ4n) is 5.26. The van der Waals surface area contributed by atoms with Crippen molar-refractivity contribution in [3.8, 4) is 5.75 Å². The summed E-state index contributed by atoms with van der Waals surface area (Å²) in [6.07, 6.45) is 9.05. The maximum Gasteiger partial charge on any atom is 0.226 e. The molecule has 1 amide bonds. The van der Waals surface area contributed by atoms with Crippen molar-refractivity contribution in [1.82, 2.24) is 9.80 Å². The molecule has 0 aliphatic carbocycles. The lowest BCUT2D eigenvalue weighted by atomic mass is 9.87. The van der Waals surface area contributed by atoms with Crippen LogP contribution in [0.1, 0.15) is 50.5 Å². The van der Waals surface area contributed by atoms with Crippen LogP contribution in [-0.4, -0.2) is 65.2 Å². The highest BCUT2D eigenvalue weighted by atomic mass is 16.5. The first-order chi connectivity index (χ1) is 13.1. The fourth-order valence-corrected chi connectivity index (χ4v) is 5.26. The summed E-state index contributed by atoms with van der Waals surface area (Å²) < 4.78 is 5.89. The Morgan fingerprint density at radius 2 is 2.00 bits per heavy atom. The molecule has 1 spiro atoms. The van der Waals surface area contributed by atoms with Gasteiger partial charge in [0, 0.05) is 31.8 Å². The van der Waals surface area contributed by atoms with Crippen LogP contribution in [0.15, 0.2) is 24.3 Å². The summed E-state index contributed by atoms with van der Waals surface area (Å²) in [6, 6.07) is 7.05. The topological polar surface area (TPSA) is 53.0 Å². The van der Waals surface area contributed by atoms with Crippen LogP contribution >= 0.6 is 0 Å². The summed E-state index contributed by atoms with van der Waals surface area (Å²) in [5.41, 5.74) is 1.16. The molecule has 1 aromatic rings. The van der Waals surface area contributed by atoms with E-state index in [4.69, 9.17) is 4.74 Å². The van der Waals surface area contributed by atoms with Crippen molar-refractivity contribution in [1.29, 1.82) is 0 Å². The number of rotatable bonds is 4. The minimum absolute atomic E-state index is 0.182. The first-order valence-corrected chi connectivity index (χ1v) is 10.6. The van der Waals surface area contributed by atoms with Gasteiger partial charge in [0.25, 0.3) is 0 Å². The van der Waals surface area contributed by atoms with Crippen LogP contribution in [0.3, 0.4) is 0 Å². The van der Waals surface area contributed by atoms with E-state index in [1.807, 2.05) is 11.0 Å². The Morgan fingerprint density at radius 1 is 1.15 bits per heavy atom. The van der Waals surface area contributed by atoms with Crippen LogP contribution in [0.2, 0.25) is 0 Å². The number of ether oxygens (including phenoxy) is 1. The van der Waals surface area contributed by atoms with Crippen molar-refractivity contribution >= 4 is 5.91 Å². The van der Waals surface area contributed by atoms with E-state index >= 15 is 0 Å². The molecule has 3 saturated heterocycles. The molecule has 0 radical (unpaired) electrons. The van der Waals surface area contributed by atoms with Gasteiger partial charge >= 0.3 is 0 Å². The van der Waals surface area contributed by atoms with Gasteiger partial charge in [-0.2, -0.15) is 0 Å². The highest BCUT2D eigenvalue weighted by Gasteiger charge is 2.43.